The zero-order chi connectivity index (χ0) is 6.50. The molecule has 0 saturated carbocycles. The minimum Gasteiger partial charge on any atom is -0.400 e. The van der Waals surface area contributed by atoms with E-state index in [1.165, 1.54) is 0 Å². The Morgan fingerprint density at radius 3 is 1.00 bits per heavy atom. The van der Waals surface area contributed by atoms with Crippen LogP contribution in [0.4, 0.5) is 17.6 Å². The molecule has 1 nitrogen and oxygen atoms in total. The van der Waals surface area contributed by atoms with Gasteiger partial charge in [0.2, 0.25) is 0 Å². The molecule has 0 aromatic carbocycles. The molecule has 5 heteroatoms. The summed E-state index contributed by atoms with van der Waals surface area (Å²) >= 11 is 0. The highest BCUT2D eigenvalue weighted by Crippen LogP contribution is 2.13. The fraction of sp³-hybridized carbons (Fsp3) is 1.00. The van der Waals surface area contributed by atoms with Crippen LogP contribution in [0.3, 0.4) is 0 Å². The normalized spacial score (nSPS) is 9.43. The molecule has 7 heavy (non-hydrogen) atoms. The van der Waals surface area contributed by atoms with Gasteiger partial charge in [0.05, 0.1) is 0 Å². The van der Waals surface area contributed by atoms with Crippen LogP contribution in [0, 0.1) is 0 Å². The topological polar surface area (TPSA) is 20.2 Å². The number of halogens is 4. The van der Waals surface area contributed by atoms with Crippen LogP contribution in [0.1, 0.15) is 0 Å². The van der Waals surface area contributed by atoms with Crippen LogP contribution in [0.15, 0.2) is 0 Å². The summed E-state index contributed by atoms with van der Waals surface area (Å²) in [5.74, 6) is 0. The molecule has 0 aromatic rings. The predicted molar refractivity (Wildman–Crippen MR) is 15.3 cm³/mol. The van der Waals surface area contributed by atoms with Crippen molar-refractivity contribution in [1.29, 1.82) is 0 Å². The molecule has 0 spiro atoms. The number of aliphatic hydroxyl groups is 1. The largest absolute Gasteiger partial charge is 0.559 e. The van der Waals surface area contributed by atoms with E-state index < -0.39 is 6.43 Å². The van der Waals surface area contributed by atoms with Gasteiger partial charge in [-0.05, 0) is 0 Å². The Kier molecular flexibility index (Phi) is 5.42. The summed E-state index contributed by atoms with van der Waals surface area (Å²) in [7, 11) is 1.00. The van der Waals surface area contributed by atoms with Crippen molar-refractivity contribution in [2.75, 3.05) is 7.11 Å². The second-order valence-corrected chi connectivity index (χ2v) is 0.429. The Balaban J connectivity index is 0. The number of aliphatic hydroxyl groups excluding tert-OH is 1. The molecule has 46 valence electrons. The fourth-order valence-electron chi connectivity index (χ4n) is 0. The summed E-state index contributed by atoms with van der Waals surface area (Å²) in [6.07, 6.45) is -5.50. The van der Waals surface area contributed by atoms with E-state index in [9.17, 15) is 17.6 Å². The monoisotopic (exact) mass is 120 g/mol. The predicted octanol–water partition coefficient (Wildman–Crippen LogP) is 1.08. The molecule has 0 bridgehead atoms. The molecule has 0 amide bonds. The van der Waals surface area contributed by atoms with Gasteiger partial charge in [-0.1, -0.05) is 0 Å². The van der Waals surface area contributed by atoms with Gasteiger partial charge < -0.3 is 5.11 Å². The lowest BCUT2D eigenvalue weighted by atomic mass is 11.5. The summed E-state index contributed by atoms with van der Waals surface area (Å²) in [5.41, 5.74) is 0. The number of hydrogen-bond acceptors (Lipinski definition) is 1. The highest BCUT2D eigenvalue weighted by molar-refractivity contribution is 4.08. The maximum absolute atomic E-state index is 9.69. The molecule has 0 unspecified atom stereocenters. The van der Waals surface area contributed by atoms with Crippen LogP contribution >= 0.6 is 0 Å². The molecule has 1 N–H and O–H groups in total. The van der Waals surface area contributed by atoms with Gasteiger partial charge in [-0.25, -0.2) is 0 Å². The first-order chi connectivity index (χ1) is 3.00. The van der Waals surface area contributed by atoms with Gasteiger partial charge in [-0.2, -0.15) is 0 Å². The Labute approximate surface area is 37.6 Å². The lowest BCUT2D eigenvalue weighted by molar-refractivity contribution is -0.237. The van der Waals surface area contributed by atoms with Gasteiger partial charge in [0.1, 0.15) is 0 Å². The standard InChI is InChI=1S/CF4.CH4O/c2-1(3,4)5;1-2/h;2H,1H3. The van der Waals surface area contributed by atoms with Crippen molar-refractivity contribution >= 4 is 0 Å². The summed E-state index contributed by atoms with van der Waals surface area (Å²) in [4.78, 5) is 0. The minimum absolute atomic E-state index is 1.00. The van der Waals surface area contributed by atoms with E-state index in [4.69, 9.17) is 5.11 Å². The molecular formula is C2H4F4O. The van der Waals surface area contributed by atoms with Gasteiger partial charge in [0.25, 0.3) is 0 Å². The van der Waals surface area contributed by atoms with E-state index in [0.717, 1.165) is 7.11 Å². The lowest BCUT2D eigenvalue weighted by Crippen LogP contribution is -1.92. The zero-order valence-corrected chi connectivity index (χ0v) is 3.46. The molecule has 0 aromatic heterocycles. The molecule has 0 heterocycles. The highest BCUT2D eigenvalue weighted by Gasteiger charge is 2.24. The Morgan fingerprint density at radius 1 is 1.00 bits per heavy atom. The molecule has 0 fully saturated rings. The SMILES string of the molecule is CO.FC(F)(F)F. The van der Waals surface area contributed by atoms with Gasteiger partial charge in [-0.15, -0.1) is 17.6 Å². The lowest BCUT2D eigenvalue weighted by Gasteiger charge is -1.82. The molecule has 0 radical (unpaired) electrons. The van der Waals surface area contributed by atoms with Crippen molar-refractivity contribution < 1.29 is 22.7 Å². The average molecular weight is 120 g/mol. The molecule has 0 saturated heterocycles. The third-order valence-corrected chi connectivity index (χ3v) is 0. The van der Waals surface area contributed by atoms with Gasteiger partial charge in [0.15, 0.2) is 0 Å². The molecular weight excluding hydrogens is 116 g/mol. The third kappa shape index (κ3) is 751. The molecule has 0 aliphatic heterocycles. The van der Waals surface area contributed by atoms with Gasteiger partial charge >= 0.3 is 6.43 Å². The molecule has 0 aliphatic carbocycles. The van der Waals surface area contributed by atoms with Crippen LogP contribution in [0.5, 0.6) is 0 Å². The number of hydrogen-bond donors (Lipinski definition) is 1. The van der Waals surface area contributed by atoms with Crippen molar-refractivity contribution in [3.8, 4) is 0 Å². The van der Waals surface area contributed by atoms with E-state index in [0.29, 0.717) is 0 Å². The first kappa shape index (κ1) is 9.84. The minimum atomic E-state index is -5.50. The van der Waals surface area contributed by atoms with E-state index in [1.54, 1.807) is 0 Å². The number of alkyl halides is 4. The Hall–Kier alpha value is -0.320. The van der Waals surface area contributed by atoms with Crippen molar-refractivity contribution in [3.05, 3.63) is 0 Å². The smallest absolute Gasteiger partial charge is 0.400 e. The van der Waals surface area contributed by atoms with E-state index in [2.05, 4.69) is 0 Å². The van der Waals surface area contributed by atoms with Crippen LogP contribution in [0.25, 0.3) is 0 Å². The van der Waals surface area contributed by atoms with Crippen LogP contribution in [-0.4, -0.2) is 18.6 Å². The summed E-state index contributed by atoms with van der Waals surface area (Å²) in [5, 5.41) is 7.00. The van der Waals surface area contributed by atoms with E-state index in [-0.39, 0.29) is 0 Å². The third-order valence-electron chi connectivity index (χ3n) is 0. The summed E-state index contributed by atoms with van der Waals surface area (Å²) in [6, 6.07) is 0. The quantitative estimate of drug-likeness (QED) is 0.474. The second-order valence-electron chi connectivity index (χ2n) is 0.429. The summed E-state index contributed by atoms with van der Waals surface area (Å²) in [6.45, 7) is 0. The van der Waals surface area contributed by atoms with Crippen LogP contribution in [0.2, 0.25) is 0 Å². The molecule has 0 rings (SSSR count). The first-order valence-corrected chi connectivity index (χ1v) is 1.20. The highest BCUT2D eigenvalue weighted by atomic mass is 19.5. The maximum Gasteiger partial charge on any atom is 0.559 e. The van der Waals surface area contributed by atoms with Gasteiger partial charge in [0, 0.05) is 7.11 Å². The Bertz CT molecular complexity index is 25.2. The van der Waals surface area contributed by atoms with E-state index >= 15 is 0 Å². The zero-order valence-electron chi connectivity index (χ0n) is 3.46. The van der Waals surface area contributed by atoms with Gasteiger partial charge in [-0.3, -0.25) is 0 Å². The summed E-state index contributed by atoms with van der Waals surface area (Å²) < 4.78 is 38.8. The molecule has 0 aliphatic rings. The maximum atomic E-state index is 9.69. The van der Waals surface area contributed by atoms with E-state index in [1.807, 2.05) is 0 Å². The number of rotatable bonds is 0. The fourth-order valence-corrected chi connectivity index (χ4v) is 0. The van der Waals surface area contributed by atoms with Crippen LogP contribution < -0.4 is 0 Å². The van der Waals surface area contributed by atoms with Crippen molar-refractivity contribution in [1.82, 2.24) is 0 Å². The Morgan fingerprint density at radius 2 is 1.00 bits per heavy atom. The van der Waals surface area contributed by atoms with Crippen molar-refractivity contribution in [2.45, 2.75) is 6.43 Å². The average Bonchev–Trinajstić information content (AvgIpc) is 1.36. The molecule has 0 atom stereocenters. The van der Waals surface area contributed by atoms with Crippen LogP contribution in [-0.2, 0) is 0 Å². The van der Waals surface area contributed by atoms with Crippen molar-refractivity contribution in [2.24, 2.45) is 0 Å². The second kappa shape index (κ2) is 3.86. The van der Waals surface area contributed by atoms with Crippen molar-refractivity contribution in [3.63, 3.8) is 0 Å². The first-order valence-electron chi connectivity index (χ1n) is 1.20.